The van der Waals surface area contributed by atoms with Crippen molar-refractivity contribution in [2.45, 2.75) is 64.0 Å². The third-order valence-corrected chi connectivity index (χ3v) is 3.30. The summed E-state index contributed by atoms with van der Waals surface area (Å²) >= 11 is 0. The number of hydrogen-bond acceptors (Lipinski definition) is 5. The number of nitrogens with two attached hydrogens (primary N) is 1. The molecule has 0 aliphatic heterocycles. The van der Waals surface area contributed by atoms with Gasteiger partial charge in [0.1, 0.15) is 11.7 Å². The van der Waals surface area contributed by atoms with Gasteiger partial charge in [-0.1, -0.05) is 30.3 Å². The van der Waals surface area contributed by atoms with E-state index in [-0.39, 0.29) is 0 Å². The van der Waals surface area contributed by atoms with Crippen molar-refractivity contribution in [3.05, 3.63) is 35.9 Å². The van der Waals surface area contributed by atoms with Crippen LogP contribution in [-0.2, 0) is 11.2 Å². The Morgan fingerprint density at radius 3 is 2.26 bits per heavy atom. The Bertz CT molecular complexity index is 485. The molecule has 0 radical (unpaired) electrons. The van der Waals surface area contributed by atoms with Crippen LogP contribution in [0.2, 0.25) is 0 Å². The fraction of sp³-hybridized carbons (Fsp3) is 0.588. The molecule has 0 fully saturated rings. The summed E-state index contributed by atoms with van der Waals surface area (Å²) in [6.45, 7) is 6.87. The van der Waals surface area contributed by atoms with Crippen LogP contribution in [0.5, 0.6) is 0 Å². The van der Waals surface area contributed by atoms with E-state index in [2.05, 4.69) is 5.32 Å². The quantitative estimate of drug-likeness (QED) is 0.629. The van der Waals surface area contributed by atoms with E-state index in [4.69, 9.17) is 10.5 Å². The predicted octanol–water partition coefficient (Wildman–Crippen LogP) is 1.19. The number of rotatable bonds is 6. The standard InChI is InChI=1S/C17H28N2O4/c1-11(18)14(20)15(21)13(10-12-8-6-5-7-9-12)19-16(22)23-17(2,3)4/h5-9,11,13-15,20-21H,10,18H2,1-4H3,(H,19,22). The van der Waals surface area contributed by atoms with Gasteiger partial charge in [0, 0.05) is 6.04 Å². The van der Waals surface area contributed by atoms with E-state index in [0.29, 0.717) is 6.42 Å². The number of amides is 1. The molecule has 0 heterocycles. The molecule has 130 valence electrons. The van der Waals surface area contributed by atoms with Crippen molar-refractivity contribution < 1.29 is 19.7 Å². The highest BCUT2D eigenvalue weighted by Gasteiger charge is 2.31. The van der Waals surface area contributed by atoms with Gasteiger partial charge in [0.05, 0.1) is 12.1 Å². The molecule has 1 rings (SSSR count). The lowest BCUT2D eigenvalue weighted by Gasteiger charge is -2.30. The van der Waals surface area contributed by atoms with Crippen molar-refractivity contribution in [1.29, 1.82) is 0 Å². The number of carbonyl (C=O) groups is 1. The van der Waals surface area contributed by atoms with Crippen LogP contribution in [0.25, 0.3) is 0 Å². The fourth-order valence-electron chi connectivity index (χ4n) is 2.13. The lowest BCUT2D eigenvalue weighted by Crippen LogP contribution is -2.54. The van der Waals surface area contributed by atoms with Gasteiger partial charge in [0.15, 0.2) is 0 Å². The van der Waals surface area contributed by atoms with Crippen LogP contribution in [0.15, 0.2) is 30.3 Å². The van der Waals surface area contributed by atoms with Gasteiger partial charge in [0.25, 0.3) is 0 Å². The van der Waals surface area contributed by atoms with Gasteiger partial charge in [-0.25, -0.2) is 4.79 Å². The highest BCUT2D eigenvalue weighted by atomic mass is 16.6. The number of benzene rings is 1. The summed E-state index contributed by atoms with van der Waals surface area (Å²) in [6.07, 6.45) is -2.65. The number of aliphatic hydroxyl groups is 2. The lowest BCUT2D eigenvalue weighted by atomic mass is 9.95. The molecular formula is C17H28N2O4. The Morgan fingerprint density at radius 1 is 1.22 bits per heavy atom. The molecule has 23 heavy (non-hydrogen) atoms. The predicted molar refractivity (Wildman–Crippen MR) is 89.0 cm³/mol. The topological polar surface area (TPSA) is 105 Å². The number of aliphatic hydroxyl groups excluding tert-OH is 2. The first kappa shape index (κ1) is 19.4. The van der Waals surface area contributed by atoms with Crippen molar-refractivity contribution in [3.63, 3.8) is 0 Å². The number of ether oxygens (including phenoxy) is 1. The van der Waals surface area contributed by atoms with Crippen molar-refractivity contribution in [3.8, 4) is 0 Å². The van der Waals surface area contributed by atoms with Crippen molar-refractivity contribution in [2.24, 2.45) is 5.73 Å². The number of hydrogen-bond donors (Lipinski definition) is 4. The molecule has 1 amide bonds. The van der Waals surface area contributed by atoms with E-state index in [9.17, 15) is 15.0 Å². The Kier molecular flexibility index (Phi) is 7.00. The Balaban J connectivity index is 2.85. The normalized spacial score (nSPS) is 17.0. The summed E-state index contributed by atoms with van der Waals surface area (Å²) in [5, 5.41) is 23.0. The van der Waals surface area contributed by atoms with Crippen LogP contribution in [0.4, 0.5) is 4.79 Å². The highest BCUT2D eigenvalue weighted by Crippen LogP contribution is 2.13. The molecule has 6 nitrogen and oxygen atoms in total. The molecule has 6 heteroatoms. The van der Waals surface area contributed by atoms with Crippen LogP contribution in [0.1, 0.15) is 33.3 Å². The molecule has 0 spiro atoms. The van der Waals surface area contributed by atoms with E-state index in [1.54, 1.807) is 27.7 Å². The Morgan fingerprint density at radius 2 is 1.78 bits per heavy atom. The zero-order valence-electron chi connectivity index (χ0n) is 14.2. The maximum atomic E-state index is 12.0. The second-order valence-corrected chi connectivity index (χ2v) is 6.78. The fourth-order valence-corrected chi connectivity index (χ4v) is 2.13. The summed E-state index contributed by atoms with van der Waals surface area (Å²) < 4.78 is 5.22. The maximum Gasteiger partial charge on any atom is 0.407 e. The summed E-state index contributed by atoms with van der Waals surface area (Å²) in [5.74, 6) is 0. The van der Waals surface area contributed by atoms with Gasteiger partial charge in [-0.3, -0.25) is 0 Å². The average Bonchev–Trinajstić information content (AvgIpc) is 2.44. The van der Waals surface area contributed by atoms with Crippen LogP contribution in [-0.4, -0.2) is 46.2 Å². The average molecular weight is 324 g/mol. The minimum absolute atomic E-state index is 0.352. The molecular weight excluding hydrogens is 296 g/mol. The van der Waals surface area contributed by atoms with Crippen molar-refractivity contribution >= 4 is 6.09 Å². The first-order chi connectivity index (χ1) is 10.6. The third kappa shape index (κ3) is 6.99. The first-order valence-electron chi connectivity index (χ1n) is 7.75. The number of carbonyl (C=O) groups excluding carboxylic acids is 1. The largest absolute Gasteiger partial charge is 0.444 e. The first-order valence-corrected chi connectivity index (χ1v) is 7.75. The smallest absolute Gasteiger partial charge is 0.407 e. The molecule has 0 saturated carbocycles. The van der Waals surface area contributed by atoms with E-state index < -0.39 is 36.0 Å². The summed E-state index contributed by atoms with van der Waals surface area (Å²) in [6, 6.07) is 8.05. The van der Waals surface area contributed by atoms with E-state index in [0.717, 1.165) is 5.56 Å². The van der Waals surface area contributed by atoms with Gasteiger partial charge < -0.3 is 26.0 Å². The molecule has 4 unspecified atom stereocenters. The van der Waals surface area contributed by atoms with Crippen LogP contribution in [0.3, 0.4) is 0 Å². The molecule has 1 aromatic carbocycles. The van der Waals surface area contributed by atoms with Gasteiger partial charge >= 0.3 is 6.09 Å². The molecule has 5 N–H and O–H groups in total. The second kappa shape index (κ2) is 8.29. The molecule has 0 aromatic heterocycles. The summed E-state index contributed by atoms with van der Waals surface area (Å²) in [7, 11) is 0. The van der Waals surface area contributed by atoms with Crippen LogP contribution in [0, 0.1) is 0 Å². The second-order valence-electron chi connectivity index (χ2n) is 6.78. The van der Waals surface area contributed by atoms with Crippen molar-refractivity contribution in [1.82, 2.24) is 5.32 Å². The Hall–Kier alpha value is -1.63. The minimum Gasteiger partial charge on any atom is -0.444 e. The molecule has 0 bridgehead atoms. The van der Waals surface area contributed by atoms with E-state index in [1.165, 1.54) is 0 Å². The number of nitrogens with one attached hydrogen (secondary N) is 1. The third-order valence-electron chi connectivity index (χ3n) is 3.30. The van der Waals surface area contributed by atoms with Crippen molar-refractivity contribution in [2.75, 3.05) is 0 Å². The van der Waals surface area contributed by atoms with E-state index >= 15 is 0 Å². The molecule has 0 aliphatic carbocycles. The minimum atomic E-state index is -1.21. The van der Waals surface area contributed by atoms with Gasteiger partial charge in [-0.05, 0) is 39.7 Å². The maximum absolute atomic E-state index is 12.0. The van der Waals surface area contributed by atoms with E-state index in [1.807, 2.05) is 30.3 Å². The van der Waals surface area contributed by atoms with Gasteiger partial charge in [-0.2, -0.15) is 0 Å². The van der Waals surface area contributed by atoms with Crippen LogP contribution >= 0.6 is 0 Å². The monoisotopic (exact) mass is 324 g/mol. The molecule has 0 saturated heterocycles. The van der Waals surface area contributed by atoms with Gasteiger partial charge in [-0.15, -0.1) is 0 Å². The summed E-state index contributed by atoms with van der Waals surface area (Å²) in [4.78, 5) is 12.0. The van der Waals surface area contributed by atoms with Crippen LogP contribution < -0.4 is 11.1 Å². The SMILES string of the molecule is CC(N)C(O)C(O)C(Cc1ccccc1)NC(=O)OC(C)(C)C. The molecule has 1 aromatic rings. The zero-order valence-corrected chi connectivity index (χ0v) is 14.2. The molecule has 4 atom stereocenters. The number of alkyl carbamates (subject to hydrolysis) is 1. The van der Waals surface area contributed by atoms with Gasteiger partial charge in [0.2, 0.25) is 0 Å². The lowest BCUT2D eigenvalue weighted by molar-refractivity contribution is -0.0180. The Labute approximate surface area is 137 Å². The molecule has 0 aliphatic rings. The zero-order chi connectivity index (χ0) is 17.6. The highest BCUT2D eigenvalue weighted by molar-refractivity contribution is 5.68. The summed E-state index contributed by atoms with van der Waals surface area (Å²) in [5.41, 5.74) is 5.92.